The van der Waals surface area contributed by atoms with Crippen LogP contribution in [0.15, 0.2) is 41.8 Å². The molecule has 0 spiro atoms. The monoisotopic (exact) mass is 391 g/mol. The Hall–Kier alpha value is -2.45. The van der Waals surface area contributed by atoms with Crippen LogP contribution in [-0.2, 0) is 4.79 Å². The summed E-state index contributed by atoms with van der Waals surface area (Å²) in [6, 6.07) is 11.1. The van der Waals surface area contributed by atoms with Gasteiger partial charge in [-0.2, -0.15) is 0 Å². The molecule has 0 saturated carbocycles. The van der Waals surface area contributed by atoms with E-state index in [0.29, 0.717) is 16.5 Å². The number of thiophene rings is 1. The Morgan fingerprint density at radius 1 is 1.19 bits per heavy atom. The zero-order valence-corrected chi connectivity index (χ0v) is 16.2. The Bertz CT molecular complexity index is 746. The van der Waals surface area contributed by atoms with E-state index in [2.05, 4.69) is 30.0 Å². The number of benzene rings is 1. The molecule has 0 radical (unpaired) electrons. The summed E-state index contributed by atoms with van der Waals surface area (Å²) >= 11 is 6.26. The zero-order valence-electron chi connectivity index (χ0n) is 14.6. The van der Waals surface area contributed by atoms with Crippen molar-refractivity contribution in [2.24, 2.45) is 0 Å². The predicted molar refractivity (Wildman–Crippen MR) is 106 cm³/mol. The first kappa shape index (κ1) is 19.9. The highest BCUT2D eigenvalue weighted by atomic mass is 32.1. The van der Waals surface area contributed by atoms with Crippen molar-refractivity contribution in [3.63, 3.8) is 0 Å². The molecule has 0 saturated heterocycles. The molecule has 0 fully saturated rings. The Morgan fingerprint density at radius 2 is 1.92 bits per heavy atom. The highest BCUT2D eigenvalue weighted by Crippen LogP contribution is 2.21. The van der Waals surface area contributed by atoms with Crippen LogP contribution in [0.4, 0.5) is 0 Å². The number of nitrogens with one attached hydrogen (secondary N) is 3. The van der Waals surface area contributed by atoms with Crippen LogP contribution in [-0.4, -0.2) is 23.5 Å². The Labute approximate surface area is 161 Å². The molecule has 6 nitrogen and oxygen atoms in total. The minimum atomic E-state index is -0.413. The molecule has 1 atom stereocenters. The summed E-state index contributed by atoms with van der Waals surface area (Å²) < 4.78 is 5.43. The molecule has 0 bridgehead atoms. The van der Waals surface area contributed by atoms with Gasteiger partial charge in [-0.1, -0.05) is 32.0 Å². The lowest BCUT2D eigenvalue weighted by atomic mass is 9.99. The Kier molecular flexibility index (Phi) is 7.55. The molecular weight excluding hydrogens is 370 g/mol. The number of thiocarbonyl (C=S) groups is 1. The minimum Gasteiger partial charge on any atom is -0.484 e. The number of hydrazine groups is 1. The molecule has 2 amide bonds. The van der Waals surface area contributed by atoms with Crippen LogP contribution in [0.5, 0.6) is 5.75 Å². The van der Waals surface area contributed by atoms with Crippen LogP contribution in [0.1, 0.15) is 41.4 Å². The third-order valence-electron chi connectivity index (χ3n) is 3.72. The first-order chi connectivity index (χ1) is 12.5. The van der Waals surface area contributed by atoms with Crippen molar-refractivity contribution in [3.05, 3.63) is 52.2 Å². The molecule has 1 heterocycles. The first-order valence-corrected chi connectivity index (χ1v) is 9.44. The van der Waals surface area contributed by atoms with Crippen molar-refractivity contribution in [3.8, 4) is 5.75 Å². The molecule has 1 aromatic heterocycles. The lowest BCUT2D eigenvalue weighted by molar-refractivity contribution is -0.123. The quantitative estimate of drug-likeness (QED) is 0.521. The van der Waals surface area contributed by atoms with Gasteiger partial charge >= 0.3 is 0 Å². The van der Waals surface area contributed by atoms with E-state index in [9.17, 15) is 9.59 Å². The summed E-state index contributed by atoms with van der Waals surface area (Å²) in [5.41, 5.74) is 6.08. The molecule has 26 heavy (non-hydrogen) atoms. The number of ether oxygens (including phenoxy) is 1. The van der Waals surface area contributed by atoms with E-state index in [-0.39, 0.29) is 17.6 Å². The summed E-state index contributed by atoms with van der Waals surface area (Å²) in [6.45, 7) is 4.13. The topological polar surface area (TPSA) is 79.5 Å². The minimum absolute atomic E-state index is 0.00894. The average molecular weight is 392 g/mol. The summed E-state index contributed by atoms with van der Waals surface area (Å²) in [6.07, 6.45) is 1.07. The summed E-state index contributed by atoms with van der Waals surface area (Å²) in [4.78, 5) is 24.1. The number of carbonyl (C=O) groups is 2. The van der Waals surface area contributed by atoms with Crippen LogP contribution >= 0.6 is 23.6 Å². The van der Waals surface area contributed by atoms with Gasteiger partial charge in [0, 0.05) is 0 Å². The van der Waals surface area contributed by atoms with Crippen molar-refractivity contribution in [2.75, 3.05) is 6.61 Å². The maximum atomic E-state index is 11.8. The normalized spacial score (nSPS) is 11.3. The molecule has 0 aliphatic heterocycles. The molecule has 8 heteroatoms. The number of hydrogen-bond donors (Lipinski definition) is 3. The van der Waals surface area contributed by atoms with Gasteiger partial charge in [-0.25, -0.2) is 0 Å². The maximum Gasteiger partial charge on any atom is 0.276 e. The number of amides is 2. The summed E-state index contributed by atoms with van der Waals surface area (Å²) in [5, 5.41) is 4.27. The highest BCUT2D eigenvalue weighted by molar-refractivity contribution is 7.80. The third kappa shape index (κ3) is 6.12. The molecule has 1 unspecified atom stereocenters. The standard InChI is InChI=1S/C18H21N3O3S2/c1-3-12(2)13-6-8-14(9-7-13)24-11-16(22)20-21-18(25)19-17(23)15-5-4-10-26-15/h4-10,12H,3,11H2,1-2H3,(H,20,22)(H2,19,21,23,25). The second kappa shape index (κ2) is 9.88. The highest BCUT2D eigenvalue weighted by Gasteiger charge is 2.09. The van der Waals surface area contributed by atoms with E-state index < -0.39 is 5.91 Å². The van der Waals surface area contributed by atoms with Crippen LogP contribution in [0.25, 0.3) is 0 Å². The van der Waals surface area contributed by atoms with Gasteiger partial charge in [0.05, 0.1) is 4.88 Å². The fraction of sp³-hybridized carbons (Fsp3) is 0.278. The van der Waals surface area contributed by atoms with Gasteiger partial charge in [0.2, 0.25) is 0 Å². The van der Waals surface area contributed by atoms with Crippen LogP contribution in [0.2, 0.25) is 0 Å². The van der Waals surface area contributed by atoms with Gasteiger partial charge in [-0.05, 0) is 53.7 Å². The van der Waals surface area contributed by atoms with Crippen molar-refractivity contribution in [2.45, 2.75) is 26.2 Å². The summed E-state index contributed by atoms with van der Waals surface area (Å²) in [7, 11) is 0. The van der Waals surface area contributed by atoms with E-state index in [1.165, 1.54) is 16.9 Å². The first-order valence-electron chi connectivity index (χ1n) is 8.16. The predicted octanol–water partition coefficient (Wildman–Crippen LogP) is 2.98. The van der Waals surface area contributed by atoms with Crippen LogP contribution < -0.4 is 20.9 Å². The van der Waals surface area contributed by atoms with Gasteiger partial charge in [0.25, 0.3) is 11.8 Å². The van der Waals surface area contributed by atoms with Crippen molar-refractivity contribution >= 4 is 40.5 Å². The lowest BCUT2D eigenvalue weighted by Gasteiger charge is -2.12. The van der Waals surface area contributed by atoms with E-state index in [1.807, 2.05) is 24.3 Å². The number of carbonyl (C=O) groups excluding carboxylic acids is 2. The van der Waals surface area contributed by atoms with E-state index in [0.717, 1.165) is 6.42 Å². The SMILES string of the molecule is CCC(C)c1ccc(OCC(=O)NNC(=S)NC(=O)c2cccs2)cc1. The van der Waals surface area contributed by atoms with Gasteiger partial charge in [0.1, 0.15) is 5.75 Å². The van der Waals surface area contributed by atoms with Gasteiger partial charge in [-0.15, -0.1) is 11.3 Å². The fourth-order valence-electron chi connectivity index (χ4n) is 2.04. The van der Waals surface area contributed by atoms with Crippen molar-refractivity contribution in [1.29, 1.82) is 0 Å². The molecule has 0 aliphatic rings. The molecular formula is C18H21N3O3S2. The van der Waals surface area contributed by atoms with Crippen molar-refractivity contribution < 1.29 is 14.3 Å². The average Bonchev–Trinajstić information content (AvgIpc) is 3.19. The molecule has 2 aromatic rings. The van der Waals surface area contributed by atoms with Gasteiger partial charge in [-0.3, -0.25) is 25.8 Å². The van der Waals surface area contributed by atoms with E-state index in [4.69, 9.17) is 17.0 Å². The smallest absolute Gasteiger partial charge is 0.276 e. The van der Waals surface area contributed by atoms with E-state index >= 15 is 0 Å². The summed E-state index contributed by atoms with van der Waals surface area (Å²) in [5.74, 6) is 0.357. The zero-order chi connectivity index (χ0) is 18.9. The Balaban J connectivity index is 1.70. The second-order valence-corrected chi connectivity index (χ2v) is 6.96. The molecule has 3 N–H and O–H groups in total. The van der Waals surface area contributed by atoms with E-state index in [1.54, 1.807) is 17.5 Å². The second-order valence-electron chi connectivity index (χ2n) is 5.60. The van der Waals surface area contributed by atoms with Gasteiger partial charge < -0.3 is 4.74 Å². The number of rotatable bonds is 6. The lowest BCUT2D eigenvalue weighted by Crippen LogP contribution is -2.49. The molecule has 138 valence electrons. The maximum absolute atomic E-state index is 11.8. The molecule has 0 aliphatic carbocycles. The van der Waals surface area contributed by atoms with Gasteiger partial charge in [0.15, 0.2) is 11.7 Å². The third-order valence-corrected chi connectivity index (χ3v) is 4.79. The van der Waals surface area contributed by atoms with Crippen molar-refractivity contribution in [1.82, 2.24) is 16.2 Å². The largest absolute Gasteiger partial charge is 0.484 e. The molecule has 1 aromatic carbocycles. The van der Waals surface area contributed by atoms with Crippen LogP contribution in [0.3, 0.4) is 0 Å². The fourth-order valence-corrected chi connectivity index (χ4v) is 2.81. The number of hydrogen-bond acceptors (Lipinski definition) is 5. The van der Waals surface area contributed by atoms with Crippen LogP contribution in [0, 0.1) is 0 Å². The molecule has 2 rings (SSSR count). The Morgan fingerprint density at radius 3 is 2.54 bits per heavy atom.